The van der Waals surface area contributed by atoms with Gasteiger partial charge >= 0.3 is 6.01 Å². The van der Waals surface area contributed by atoms with E-state index in [1.54, 1.807) is 7.05 Å². The van der Waals surface area contributed by atoms with Gasteiger partial charge in [-0.2, -0.15) is 4.98 Å². The van der Waals surface area contributed by atoms with E-state index in [4.69, 9.17) is 14.2 Å². The van der Waals surface area contributed by atoms with E-state index in [-0.39, 0.29) is 18.4 Å². The molecule has 0 aliphatic heterocycles. The maximum atomic E-state index is 13.3. The largest absolute Gasteiger partial charge is 0.491 e. The molecule has 0 aliphatic rings. The van der Waals surface area contributed by atoms with Crippen molar-refractivity contribution in [2.75, 3.05) is 32.2 Å². The van der Waals surface area contributed by atoms with Crippen molar-refractivity contribution in [3.05, 3.63) is 41.8 Å². The number of hydrogen-bond acceptors (Lipinski definition) is 6. The van der Waals surface area contributed by atoms with E-state index >= 15 is 0 Å². The van der Waals surface area contributed by atoms with Gasteiger partial charge in [-0.25, -0.2) is 9.37 Å². The second-order valence-corrected chi connectivity index (χ2v) is 4.58. The van der Waals surface area contributed by atoms with E-state index in [1.807, 2.05) is 31.2 Å². The van der Waals surface area contributed by atoms with Gasteiger partial charge in [0.05, 0.1) is 12.8 Å². The van der Waals surface area contributed by atoms with Crippen LogP contribution in [-0.4, -0.2) is 36.8 Å². The Bertz CT molecular complexity index is 625. The average Bonchev–Trinajstić information content (AvgIpc) is 2.58. The smallest absolute Gasteiger partial charge is 0.318 e. The van der Waals surface area contributed by atoms with Crippen LogP contribution >= 0.6 is 0 Å². The molecule has 7 heteroatoms. The van der Waals surface area contributed by atoms with Crippen LogP contribution in [0.1, 0.15) is 12.5 Å². The summed E-state index contributed by atoms with van der Waals surface area (Å²) < 4.78 is 29.6. The molecule has 0 radical (unpaired) electrons. The normalized spacial score (nSPS) is 10.4. The van der Waals surface area contributed by atoms with E-state index in [2.05, 4.69) is 15.3 Å². The van der Waals surface area contributed by atoms with Crippen LogP contribution in [0.3, 0.4) is 0 Å². The van der Waals surface area contributed by atoms with E-state index in [0.29, 0.717) is 19.8 Å². The number of anilines is 1. The summed E-state index contributed by atoms with van der Waals surface area (Å²) >= 11 is 0. The quantitative estimate of drug-likeness (QED) is 0.716. The molecule has 0 amide bonds. The zero-order chi connectivity index (χ0) is 16.5. The zero-order valence-electron chi connectivity index (χ0n) is 13.2. The van der Waals surface area contributed by atoms with Crippen molar-refractivity contribution in [2.45, 2.75) is 13.5 Å². The predicted octanol–water partition coefficient (Wildman–Crippen LogP) is 2.65. The minimum atomic E-state index is -0.524. The number of nitrogens with zero attached hydrogens (tertiary/aromatic N) is 2. The molecule has 1 N–H and O–H groups in total. The van der Waals surface area contributed by atoms with Gasteiger partial charge in [-0.3, -0.25) is 0 Å². The Balaban J connectivity index is 1.90. The summed E-state index contributed by atoms with van der Waals surface area (Å²) in [6.07, 6.45) is 1.07. The van der Waals surface area contributed by atoms with E-state index in [0.717, 1.165) is 17.5 Å². The lowest BCUT2D eigenvalue weighted by Crippen LogP contribution is -2.07. The molecule has 124 valence electrons. The molecule has 0 saturated carbocycles. The number of halogens is 1. The Labute approximate surface area is 134 Å². The topological polar surface area (TPSA) is 65.5 Å². The number of benzene rings is 1. The lowest BCUT2D eigenvalue weighted by atomic mass is 10.2. The molecule has 0 atom stereocenters. The molecule has 2 rings (SSSR count). The van der Waals surface area contributed by atoms with E-state index in [1.165, 1.54) is 0 Å². The van der Waals surface area contributed by atoms with Gasteiger partial charge < -0.3 is 19.5 Å². The molecule has 1 heterocycles. The third kappa shape index (κ3) is 5.37. The third-order valence-electron chi connectivity index (χ3n) is 2.93. The van der Waals surface area contributed by atoms with Crippen LogP contribution in [-0.2, 0) is 11.3 Å². The van der Waals surface area contributed by atoms with Crippen LogP contribution in [0, 0.1) is 5.82 Å². The molecule has 2 aromatic rings. The van der Waals surface area contributed by atoms with Crippen molar-refractivity contribution < 1.29 is 18.6 Å². The maximum absolute atomic E-state index is 13.3. The molecule has 0 bridgehead atoms. The first-order valence-corrected chi connectivity index (χ1v) is 7.35. The maximum Gasteiger partial charge on any atom is 0.318 e. The Morgan fingerprint density at radius 2 is 2.09 bits per heavy atom. The SMILES string of the molecule is CCOCCOc1cccc(COc2ncc(F)c(NC)n2)c1. The van der Waals surface area contributed by atoms with Gasteiger partial charge in [-0.15, -0.1) is 0 Å². The highest BCUT2D eigenvalue weighted by molar-refractivity contribution is 5.35. The highest BCUT2D eigenvalue weighted by Crippen LogP contribution is 2.16. The molecule has 0 spiro atoms. The number of nitrogens with one attached hydrogen (secondary N) is 1. The van der Waals surface area contributed by atoms with Gasteiger partial charge in [0.1, 0.15) is 19.0 Å². The van der Waals surface area contributed by atoms with Crippen LogP contribution in [0.4, 0.5) is 10.2 Å². The van der Waals surface area contributed by atoms with Crippen LogP contribution < -0.4 is 14.8 Å². The summed E-state index contributed by atoms with van der Waals surface area (Å²) in [5.41, 5.74) is 0.901. The van der Waals surface area contributed by atoms with Crippen molar-refractivity contribution in [1.29, 1.82) is 0 Å². The fourth-order valence-corrected chi connectivity index (χ4v) is 1.83. The molecule has 1 aromatic carbocycles. The van der Waals surface area contributed by atoms with Gasteiger partial charge in [0.15, 0.2) is 11.6 Å². The van der Waals surface area contributed by atoms with Crippen LogP contribution in [0.25, 0.3) is 0 Å². The van der Waals surface area contributed by atoms with Gasteiger partial charge in [-0.05, 0) is 24.6 Å². The van der Waals surface area contributed by atoms with Gasteiger partial charge in [0, 0.05) is 13.7 Å². The molecule has 6 nitrogen and oxygen atoms in total. The Kier molecular flexibility index (Phi) is 6.56. The van der Waals surface area contributed by atoms with Gasteiger partial charge in [0.25, 0.3) is 0 Å². The summed E-state index contributed by atoms with van der Waals surface area (Å²) in [6, 6.07) is 7.62. The summed E-state index contributed by atoms with van der Waals surface area (Å²) in [7, 11) is 1.58. The number of aromatic nitrogens is 2. The van der Waals surface area contributed by atoms with Crippen LogP contribution in [0.2, 0.25) is 0 Å². The first-order chi connectivity index (χ1) is 11.2. The van der Waals surface area contributed by atoms with Crippen molar-refractivity contribution in [3.8, 4) is 11.8 Å². The fraction of sp³-hybridized carbons (Fsp3) is 0.375. The Morgan fingerprint density at radius 1 is 1.22 bits per heavy atom. The average molecular weight is 321 g/mol. The fourth-order valence-electron chi connectivity index (χ4n) is 1.83. The second kappa shape index (κ2) is 8.89. The number of rotatable bonds is 9. The van der Waals surface area contributed by atoms with Gasteiger partial charge in [0.2, 0.25) is 0 Å². The first kappa shape index (κ1) is 17.0. The second-order valence-electron chi connectivity index (χ2n) is 4.58. The summed E-state index contributed by atoms with van der Waals surface area (Å²) in [6.45, 7) is 3.91. The first-order valence-electron chi connectivity index (χ1n) is 7.35. The van der Waals surface area contributed by atoms with E-state index < -0.39 is 5.82 Å². The van der Waals surface area contributed by atoms with Crippen molar-refractivity contribution in [2.24, 2.45) is 0 Å². The highest BCUT2D eigenvalue weighted by atomic mass is 19.1. The summed E-state index contributed by atoms with van der Waals surface area (Å²) in [5.74, 6) is 0.314. The Hall–Kier alpha value is -2.41. The summed E-state index contributed by atoms with van der Waals surface area (Å²) in [5, 5.41) is 2.64. The van der Waals surface area contributed by atoms with Crippen molar-refractivity contribution >= 4 is 5.82 Å². The molecular weight excluding hydrogens is 301 g/mol. The minimum Gasteiger partial charge on any atom is -0.491 e. The highest BCUT2D eigenvalue weighted by Gasteiger charge is 2.06. The molecule has 1 aromatic heterocycles. The summed E-state index contributed by atoms with van der Waals surface area (Å²) in [4.78, 5) is 7.73. The molecule has 0 aliphatic carbocycles. The monoisotopic (exact) mass is 321 g/mol. The standard InChI is InChI=1S/C16H20FN3O3/c1-3-21-7-8-22-13-6-4-5-12(9-13)11-23-16-19-10-14(17)15(18-2)20-16/h4-6,9-10H,3,7-8,11H2,1-2H3,(H,18,19,20). The lowest BCUT2D eigenvalue weighted by molar-refractivity contribution is 0.110. The number of ether oxygens (including phenoxy) is 3. The van der Waals surface area contributed by atoms with Crippen LogP contribution in [0.5, 0.6) is 11.8 Å². The molecule has 0 fully saturated rings. The van der Waals surface area contributed by atoms with Gasteiger partial charge in [-0.1, -0.05) is 12.1 Å². The molecule has 23 heavy (non-hydrogen) atoms. The molecule has 0 saturated heterocycles. The third-order valence-corrected chi connectivity index (χ3v) is 2.93. The van der Waals surface area contributed by atoms with E-state index in [9.17, 15) is 4.39 Å². The Morgan fingerprint density at radius 3 is 2.87 bits per heavy atom. The lowest BCUT2D eigenvalue weighted by Gasteiger charge is -2.09. The zero-order valence-corrected chi connectivity index (χ0v) is 13.2. The van der Waals surface area contributed by atoms with Crippen molar-refractivity contribution in [3.63, 3.8) is 0 Å². The molecule has 0 unspecified atom stereocenters. The van der Waals surface area contributed by atoms with Crippen molar-refractivity contribution in [1.82, 2.24) is 9.97 Å². The predicted molar refractivity (Wildman–Crippen MR) is 84.3 cm³/mol. The van der Waals surface area contributed by atoms with Crippen LogP contribution in [0.15, 0.2) is 30.5 Å². The molecular formula is C16H20FN3O3. The minimum absolute atomic E-state index is 0.100. The number of hydrogen-bond donors (Lipinski definition) is 1.